The predicted molar refractivity (Wildman–Crippen MR) is 84.0 cm³/mol. The van der Waals surface area contributed by atoms with E-state index in [0.717, 1.165) is 16.7 Å². The fraction of sp³-hybridized carbons (Fsp3) is 0.294. The van der Waals surface area contributed by atoms with Crippen molar-refractivity contribution in [1.82, 2.24) is 0 Å². The minimum absolute atomic E-state index is 0.0639. The summed E-state index contributed by atoms with van der Waals surface area (Å²) in [6.45, 7) is 3.85. The van der Waals surface area contributed by atoms with Crippen LogP contribution in [0.5, 0.6) is 0 Å². The van der Waals surface area contributed by atoms with Crippen LogP contribution in [-0.4, -0.2) is 19.3 Å². The molecule has 0 radical (unpaired) electrons. The van der Waals surface area contributed by atoms with Gasteiger partial charge in [-0.05, 0) is 49.1 Å². The maximum atomic E-state index is 12.3. The van der Waals surface area contributed by atoms with Gasteiger partial charge >= 0.3 is 0 Å². The summed E-state index contributed by atoms with van der Waals surface area (Å²) in [5.74, 6) is -0.0639. The van der Waals surface area contributed by atoms with Crippen molar-refractivity contribution in [3.63, 3.8) is 0 Å². The second-order valence-electron chi connectivity index (χ2n) is 5.28. The van der Waals surface area contributed by atoms with Gasteiger partial charge in [-0.25, -0.2) is 8.42 Å². The van der Waals surface area contributed by atoms with Gasteiger partial charge in [0.05, 0.1) is 16.8 Å². The summed E-state index contributed by atoms with van der Waals surface area (Å²) in [7, 11) is -3.36. The van der Waals surface area contributed by atoms with Crippen molar-refractivity contribution in [3.05, 3.63) is 65.2 Å². The molecule has 2 aromatic carbocycles. The molecule has 0 heterocycles. The number of aryl methyl sites for hydroxylation is 2. The molecular formula is C17H20O3S. The smallest absolute Gasteiger partial charge is 0.178 e. The molecule has 1 atom stereocenters. The average molecular weight is 304 g/mol. The Labute approximate surface area is 126 Å². The summed E-state index contributed by atoms with van der Waals surface area (Å²) in [6.07, 6.45) is -0.563. The van der Waals surface area contributed by atoms with Crippen LogP contribution in [0, 0.1) is 13.8 Å². The quantitative estimate of drug-likeness (QED) is 0.923. The van der Waals surface area contributed by atoms with E-state index in [0.29, 0.717) is 4.90 Å². The van der Waals surface area contributed by atoms with Gasteiger partial charge < -0.3 is 5.11 Å². The monoisotopic (exact) mass is 304 g/mol. The van der Waals surface area contributed by atoms with Gasteiger partial charge in [0.15, 0.2) is 9.84 Å². The summed E-state index contributed by atoms with van der Waals surface area (Å²) in [4.78, 5) is 0.325. The molecule has 0 aliphatic heterocycles. The zero-order valence-electron chi connectivity index (χ0n) is 12.3. The maximum Gasteiger partial charge on any atom is 0.178 e. The molecule has 0 fully saturated rings. The van der Waals surface area contributed by atoms with Gasteiger partial charge in [0, 0.05) is 0 Å². The van der Waals surface area contributed by atoms with E-state index in [1.54, 1.807) is 24.3 Å². The van der Waals surface area contributed by atoms with Gasteiger partial charge in [0.25, 0.3) is 0 Å². The largest absolute Gasteiger partial charge is 0.388 e. The van der Waals surface area contributed by atoms with Crippen LogP contribution >= 0.6 is 0 Å². The van der Waals surface area contributed by atoms with E-state index in [-0.39, 0.29) is 12.2 Å². The molecule has 0 amide bonds. The highest BCUT2D eigenvalue weighted by Gasteiger charge is 2.18. The van der Waals surface area contributed by atoms with Crippen LogP contribution in [0.25, 0.3) is 0 Å². The number of hydrogen-bond acceptors (Lipinski definition) is 3. The van der Waals surface area contributed by atoms with Crippen molar-refractivity contribution in [3.8, 4) is 0 Å². The molecule has 0 aliphatic carbocycles. The van der Waals surface area contributed by atoms with Crippen LogP contribution in [-0.2, 0) is 9.84 Å². The number of benzene rings is 2. The first-order valence-corrected chi connectivity index (χ1v) is 8.58. The van der Waals surface area contributed by atoms with E-state index in [2.05, 4.69) is 0 Å². The van der Waals surface area contributed by atoms with Gasteiger partial charge in [0.2, 0.25) is 0 Å². The number of aliphatic hydroxyl groups excluding tert-OH is 1. The molecule has 1 unspecified atom stereocenters. The molecule has 0 bridgehead atoms. The summed E-state index contributed by atoms with van der Waals surface area (Å²) >= 11 is 0. The first-order valence-electron chi connectivity index (χ1n) is 6.93. The first kappa shape index (κ1) is 15.7. The van der Waals surface area contributed by atoms with Gasteiger partial charge in [0.1, 0.15) is 0 Å². The maximum absolute atomic E-state index is 12.3. The fourth-order valence-corrected chi connectivity index (χ4v) is 3.53. The summed E-state index contributed by atoms with van der Waals surface area (Å²) in [5, 5.41) is 10.1. The van der Waals surface area contributed by atoms with Crippen LogP contribution in [0.1, 0.15) is 29.2 Å². The Morgan fingerprint density at radius 3 is 2.29 bits per heavy atom. The highest BCUT2D eigenvalue weighted by Crippen LogP contribution is 2.21. The molecule has 1 N–H and O–H groups in total. The Bertz CT molecular complexity index is 706. The zero-order valence-corrected chi connectivity index (χ0v) is 13.1. The summed E-state index contributed by atoms with van der Waals surface area (Å²) in [6, 6.07) is 14.3. The van der Waals surface area contributed by atoms with Gasteiger partial charge in [-0.3, -0.25) is 0 Å². The van der Waals surface area contributed by atoms with Crippen molar-refractivity contribution in [2.24, 2.45) is 0 Å². The van der Waals surface area contributed by atoms with Crippen LogP contribution in [0.3, 0.4) is 0 Å². The highest BCUT2D eigenvalue weighted by molar-refractivity contribution is 7.91. The van der Waals surface area contributed by atoms with E-state index < -0.39 is 15.9 Å². The minimum Gasteiger partial charge on any atom is -0.388 e. The Kier molecular flexibility index (Phi) is 4.80. The van der Waals surface area contributed by atoms with E-state index in [1.165, 1.54) is 0 Å². The van der Waals surface area contributed by atoms with Crippen LogP contribution < -0.4 is 0 Å². The van der Waals surface area contributed by atoms with Crippen LogP contribution in [0.15, 0.2) is 53.4 Å². The Balaban J connectivity index is 2.09. The van der Waals surface area contributed by atoms with Crippen LogP contribution in [0.2, 0.25) is 0 Å². The van der Waals surface area contributed by atoms with Gasteiger partial charge in [-0.15, -0.1) is 0 Å². The number of rotatable bonds is 5. The van der Waals surface area contributed by atoms with Crippen molar-refractivity contribution in [2.45, 2.75) is 31.3 Å². The van der Waals surface area contributed by atoms with Crippen molar-refractivity contribution < 1.29 is 13.5 Å². The zero-order chi connectivity index (χ0) is 15.5. The van der Waals surface area contributed by atoms with E-state index in [1.807, 2.05) is 38.1 Å². The molecule has 2 aromatic rings. The van der Waals surface area contributed by atoms with Gasteiger partial charge in [-0.2, -0.15) is 0 Å². The average Bonchev–Trinajstić information content (AvgIpc) is 2.48. The molecular weight excluding hydrogens is 284 g/mol. The molecule has 4 heteroatoms. The molecule has 0 saturated heterocycles. The number of sulfone groups is 1. The second-order valence-corrected chi connectivity index (χ2v) is 7.39. The lowest BCUT2D eigenvalue weighted by molar-refractivity contribution is 0.174. The Morgan fingerprint density at radius 1 is 1.00 bits per heavy atom. The normalized spacial score (nSPS) is 13.1. The summed E-state index contributed by atoms with van der Waals surface area (Å²) in [5.41, 5.74) is 2.77. The second kappa shape index (κ2) is 6.41. The SMILES string of the molecule is Cc1ccc(S(=O)(=O)CCC(O)c2ccccc2)cc1C. The summed E-state index contributed by atoms with van der Waals surface area (Å²) < 4.78 is 24.6. The highest BCUT2D eigenvalue weighted by atomic mass is 32.2. The molecule has 2 rings (SSSR count). The van der Waals surface area contributed by atoms with Crippen molar-refractivity contribution in [2.75, 3.05) is 5.75 Å². The molecule has 0 spiro atoms. The van der Waals surface area contributed by atoms with Crippen molar-refractivity contribution >= 4 is 9.84 Å². The van der Waals surface area contributed by atoms with E-state index in [9.17, 15) is 13.5 Å². The number of aliphatic hydroxyl groups is 1. The third kappa shape index (κ3) is 3.93. The molecule has 3 nitrogen and oxygen atoms in total. The minimum atomic E-state index is -3.36. The third-order valence-corrected chi connectivity index (χ3v) is 5.43. The third-order valence-electron chi connectivity index (χ3n) is 3.68. The molecule has 0 aliphatic rings. The number of hydrogen-bond donors (Lipinski definition) is 1. The van der Waals surface area contributed by atoms with Crippen molar-refractivity contribution in [1.29, 1.82) is 0 Å². The standard InChI is InChI=1S/C17H20O3S/c1-13-8-9-16(12-14(13)2)21(19,20)11-10-17(18)15-6-4-3-5-7-15/h3-9,12,17-18H,10-11H2,1-2H3. The van der Waals surface area contributed by atoms with E-state index in [4.69, 9.17) is 0 Å². The lowest BCUT2D eigenvalue weighted by atomic mass is 10.1. The topological polar surface area (TPSA) is 54.4 Å². The molecule has 0 saturated carbocycles. The van der Waals surface area contributed by atoms with E-state index >= 15 is 0 Å². The Hall–Kier alpha value is -1.65. The Morgan fingerprint density at radius 2 is 1.67 bits per heavy atom. The van der Waals surface area contributed by atoms with Gasteiger partial charge in [-0.1, -0.05) is 36.4 Å². The molecule has 0 aromatic heterocycles. The fourth-order valence-electron chi connectivity index (χ4n) is 2.13. The predicted octanol–water partition coefficient (Wildman–Crippen LogP) is 3.20. The lowest BCUT2D eigenvalue weighted by Gasteiger charge is -2.12. The molecule has 112 valence electrons. The lowest BCUT2D eigenvalue weighted by Crippen LogP contribution is -2.11. The van der Waals surface area contributed by atoms with Crippen LogP contribution in [0.4, 0.5) is 0 Å². The molecule has 21 heavy (non-hydrogen) atoms. The first-order chi connectivity index (χ1) is 9.90.